The van der Waals surface area contributed by atoms with Crippen LogP contribution in [0.15, 0.2) is 6.07 Å². The van der Waals surface area contributed by atoms with Gasteiger partial charge in [-0.2, -0.15) is 5.26 Å². The van der Waals surface area contributed by atoms with E-state index in [0.29, 0.717) is 18.8 Å². The summed E-state index contributed by atoms with van der Waals surface area (Å²) in [6, 6.07) is 3.95. The van der Waals surface area contributed by atoms with Crippen LogP contribution in [0.3, 0.4) is 0 Å². The van der Waals surface area contributed by atoms with E-state index in [1.165, 1.54) is 0 Å². The zero-order valence-corrected chi connectivity index (χ0v) is 9.79. The highest BCUT2D eigenvalue weighted by atomic mass is 35.5. The second kappa shape index (κ2) is 4.69. The van der Waals surface area contributed by atoms with Crippen molar-refractivity contribution >= 4 is 17.4 Å². The molecule has 0 saturated carbocycles. The minimum atomic E-state index is 0.281. The van der Waals surface area contributed by atoms with Gasteiger partial charge in [0, 0.05) is 13.1 Å². The Morgan fingerprint density at radius 2 is 2.19 bits per heavy atom. The number of aryl methyl sites for hydroxylation is 1. The maximum Gasteiger partial charge on any atom is 0.149 e. The van der Waals surface area contributed by atoms with Gasteiger partial charge in [0.2, 0.25) is 0 Å². The van der Waals surface area contributed by atoms with E-state index in [9.17, 15) is 0 Å². The first-order valence-corrected chi connectivity index (χ1v) is 5.50. The summed E-state index contributed by atoms with van der Waals surface area (Å²) in [7, 11) is 0. The van der Waals surface area contributed by atoms with Crippen molar-refractivity contribution in [1.82, 2.24) is 4.98 Å². The van der Waals surface area contributed by atoms with Gasteiger partial charge >= 0.3 is 0 Å². The molecule has 2 heterocycles. The van der Waals surface area contributed by atoms with Crippen LogP contribution in [0.5, 0.6) is 0 Å². The Balaban J connectivity index is 2.32. The third-order valence-corrected chi connectivity index (χ3v) is 2.88. The van der Waals surface area contributed by atoms with Gasteiger partial charge in [0.15, 0.2) is 0 Å². The molecule has 0 bridgehead atoms. The number of anilines is 1. The molecule has 0 radical (unpaired) electrons. The van der Waals surface area contributed by atoms with Crippen molar-refractivity contribution in [2.45, 2.75) is 6.92 Å². The molecule has 0 aliphatic carbocycles. The lowest BCUT2D eigenvalue weighted by molar-refractivity contribution is 0.122. The molecule has 1 saturated heterocycles. The van der Waals surface area contributed by atoms with E-state index in [4.69, 9.17) is 21.6 Å². The van der Waals surface area contributed by atoms with E-state index in [1.54, 1.807) is 0 Å². The number of hydrogen-bond acceptors (Lipinski definition) is 4. The van der Waals surface area contributed by atoms with Gasteiger partial charge in [0.1, 0.15) is 17.0 Å². The van der Waals surface area contributed by atoms with Crippen LogP contribution in [0, 0.1) is 18.3 Å². The van der Waals surface area contributed by atoms with Gasteiger partial charge < -0.3 is 9.64 Å². The van der Waals surface area contributed by atoms with Gasteiger partial charge in [-0.05, 0) is 18.6 Å². The number of hydrogen-bond donors (Lipinski definition) is 0. The van der Waals surface area contributed by atoms with Crippen LogP contribution in [-0.4, -0.2) is 31.3 Å². The van der Waals surface area contributed by atoms with Crippen molar-refractivity contribution in [1.29, 1.82) is 5.26 Å². The Kier molecular flexibility index (Phi) is 3.28. The summed E-state index contributed by atoms with van der Waals surface area (Å²) < 4.78 is 5.27. The summed E-state index contributed by atoms with van der Waals surface area (Å²) >= 11 is 5.96. The highest BCUT2D eigenvalue weighted by Gasteiger charge is 2.15. The predicted molar refractivity (Wildman–Crippen MR) is 61.7 cm³/mol. The topological polar surface area (TPSA) is 49.1 Å². The fourth-order valence-corrected chi connectivity index (χ4v) is 1.98. The highest BCUT2D eigenvalue weighted by Crippen LogP contribution is 2.23. The lowest BCUT2D eigenvalue weighted by atomic mass is 10.1. The minimum Gasteiger partial charge on any atom is -0.378 e. The number of nitrogens with zero attached hydrogens (tertiary/aromatic N) is 3. The molecule has 2 rings (SSSR count). The standard InChI is InChI=1S/C11H12ClN3O/c1-8-6-10(14-11(12)9(8)7-13)15-2-4-16-5-3-15/h6H,2-5H2,1H3. The zero-order valence-electron chi connectivity index (χ0n) is 9.03. The first-order chi connectivity index (χ1) is 7.72. The Morgan fingerprint density at radius 1 is 1.50 bits per heavy atom. The molecule has 16 heavy (non-hydrogen) atoms. The summed E-state index contributed by atoms with van der Waals surface area (Å²) in [5.74, 6) is 0.824. The second-order valence-electron chi connectivity index (χ2n) is 3.67. The summed E-state index contributed by atoms with van der Waals surface area (Å²) in [5, 5.41) is 9.17. The van der Waals surface area contributed by atoms with E-state index in [1.807, 2.05) is 13.0 Å². The first kappa shape index (κ1) is 11.2. The van der Waals surface area contributed by atoms with Crippen molar-refractivity contribution in [2.24, 2.45) is 0 Å². The van der Waals surface area contributed by atoms with Crippen LogP contribution < -0.4 is 4.90 Å². The zero-order chi connectivity index (χ0) is 11.5. The maximum absolute atomic E-state index is 8.89. The van der Waals surface area contributed by atoms with E-state index >= 15 is 0 Å². The van der Waals surface area contributed by atoms with Gasteiger partial charge in [0.05, 0.1) is 18.8 Å². The Hall–Kier alpha value is -1.31. The molecule has 4 nitrogen and oxygen atoms in total. The molecule has 0 N–H and O–H groups in total. The van der Waals surface area contributed by atoms with Crippen molar-refractivity contribution in [3.05, 3.63) is 22.3 Å². The van der Waals surface area contributed by atoms with E-state index in [-0.39, 0.29) is 5.15 Å². The Morgan fingerprint density at radius 3 is 2.75 bits per heavy atom. The molecule has 1 fully saturated rings. The van der Waals surface area contributed by atoms with E-state index in [0.717, 1.165) is 24.5 Å². The number of ether oxygens (including phenoxy) is 1. The molecule has 5 heteroatoms. The molecule has 0 atom stereocenters. The average Bonchev–Trinajstić information content (AvgIpc) is 2.30. The lowest BCUT2D eigenvalue weighted by Gasteiger charge is -2.28. The molecule has 1 aromatic heterocycles. The van der Waals surface area contributed by atoms with Crippen LogP contribution in [0.2, 0.25) is 5.15 Å². The molecule has 0 spiro atoms. The average molecular weight is 238 g/mol. The number of halogens is 1. The molecule has 0 unspecified atom stereocenters. The Labute approximate surface area is 99.4 Å². The molecular weight excluding hydrogens is 226 g/mol. The molecule has 1 aromatic rings. The molecule has 0 aromatic carbocycles. The van der Waals surface area contributed by atoms with Crippen LogP contribution in [-0.2, 0) is 4.74 Å². The van der Waals surface area contributed by atoms with Gasteiger partial charge in [-0.3, -0.25) is 0 Å². The van der Waals surface area contributed by atoms with Crippen molar-refractivity contribution < 1.29 is 4.74 Å². The molecule has 1 aliphatic rings. The minimum absolute atomic E-state index is 0.281. The van der Waals surface area contributed by atoms with Crippen LogP contribution >= 0.6 is 11.6 Å². The second-order valence-corrected chi connectivity index (χ2v) is 4.03. The van der Waals surface area contributed by atoms with Crippen LogP contribution in [0.4, 0.5) is 5.82 Å². The molecular formula is C11H12ClN3O. The lowest BCUT2D eigenvalue weighted by Crippen LogP contribution is -2.36. The van der Waals surface area contributed by atoms with Gasteiger partial charge in [-0.15, -0.1) is 0 Å². The largest absolute Gasteiger partial charge is 0.378 e. The molecule has 84 valence electrons. The van der Waals surface area contributed by atoms with Crippen molar-refractivity contribution in [2.75, 3.05) is 31.2 Å². The number of rotatable bonds is 1. The monoisotopic (exact) mass is 237 g/mol. The van der Waals surface area contributed by atoms with Crippen molar-refractivity contribution in [3.8, 4) is 6.07 Å². The smallest absolute Gasteiger partial charge is 0.149 e. The first-order valence-electron chi connectivity index (χ1n) is 5.12. The van der Waals surface area contributed by atoms with Gasteiger partial charge in [-0.1, -0.05) is 11.6 Å². The normalized spacial score (nSPS) is 15.9. The highest BCUT2D eigenvalue weighted by molar-refractivity contribution is 6.30. The quantitative estimate of drug-likeness (QED) is 0.699. The SMILES string of the molecule is Cc1cc(N2CCOCC2)nc(Cl)c1C#N. The number of nitriles is 1. The fourth-order valence-electron chi connectivity index (χ4n) is 1.71. The number of pyridine rings is 1. The van der Waals surface area contributed by atoms with E-state index in [2.05, 4.69) is 16.0 Å². The summed E-state index contributed by atoms with van der Waals surface area (Å²) in [6.07, 6.45) is 0. The maximum atomic E-state index is 8.89. The van der Waals surface area contributed by atoms with Gasteiger partial charge in [0.25, 0.3) is 0 Å². The molecule has 1 aliphatic heterocycles. The summed E-state index contributed by atoms with van der Waals surface area (Å²) in [5.41, 5.74) is 1.32. The fraction of sp³-hybridized carbons (Fsp3) is 0.455. The number of aromatic nitrogens is 1. The summed E-state index contributed by atoms with van der Waals surface area (Å²) in [6.45, 7) is 4.91. The third-order valence-electron chi connectivity index (χ3n) is 2.61. The molecule has 0 amide bonds. The predicted octanol–water partition coefficient (Wildman–Crippen LogP) is 1.75. The van der Waals surface area contributed by atoms with Gasteiger partial charge in [-0.25, -0.2) is 4.98 Å². The van der Waals surface area contributed by atoms with Crippen LogP contribution in [0.25, 0.3) is 0 Å². The number of morpholine rings is 1. The van der Waals surface area contributed by atoms with Crippen molar-refractivity contribution in [3.63, 3.8) is 0 Å². The summed E-state index contributed by atoms with van der Waals surface area (Å²) in [4.78, 5) is 6.36. The van der Waals surface area contributed by atoms with Crippen LogP contribution in [0.1, 0.15) is 11.1 Å². The van der Waals surface area contributed by atoms with E-state index < -0.39 is 0 Å². The Bertz CT molecular complexity index is 412. The third kappa shape index (κ3) is 2.11.